The van der Waals surface area contributed by atoms with Crippen LogP contribution in [0.4, 0.5) is 0 Å². The van der Waals surface area contributed by atoms with Crippen LogP contribution in [0.25, 0.3) is 0 Å². The lowest BCUT2D eigenvalue weighted by atomic mass is 9.80. The first kappa shape index (κ1) is 15.5. The van der Waals surface area contributed by atoms with Crippen LogP contribution in [0, 0.1) is 13.8 Å². The van der Waals surface area contributed by atoms with Gasteiger partial charge in [-0.1, -0.05) is 32.0 Å². The summed E-state index contributed by atoms with van der Waals surface area (Å²) in [5, 5.41) is 11.1. The number of rotatable bonds is 5. The Morgan fingerprint density at radius 3 is 2.20 bits per heavy atom. The lowest BCUT2D eigenvalue weighted by molar-refractivity contribution is -0.0295. The van der Waals surface area contributed by atoms with Crippen LogP contribution in [0.15, 0.2) is 18.2 Å². The van der Waals surface area contributed by atoms with Gasteiger partial charge in [0.15, 0.2) is 0 Å². The molecule has 2 rings (SSSR count). The summed E-state index contributed by atoms with van der Waals surface area (Å²) >= 11 is 0. The van der Waals surface area contributed by atoms with E-state index in [1.165, 1.54) is 24.0 Å². The van der Waals surface area contributed by atoms with E-state index in [9.17, 15) is 5.11 Å². The monoisotopic (exact) mass is 275 g/mol. The van der Waals surface area contributed by atoms with Crippen molar-refractivity contribution in [2.45, 2.75) is 65.0 Å². The van der Waals surface area contributed by atoms with Crippen LogP contribution in [0.2, 0.25) is 0 Å². The van der Waals surface area contributed by atoms with E-state index in [-0.39, 0.29) is 5.54 Å². The van der Waals surface area contributed by atoms with Crippen molar-refractivity contribution >= 4 is 0 Å². The first-order valence-corrected chi connectivity index (χ1v) is 8.05. The third-order valence-electron chi connectivity index (χ3n) is 5.32. The van der Waals surface area contributed by atoms with E-state index in [0.717, 1.165) is 31.5 Å². The molecular weight excluding hydrogens is 246 g/mol. The van der Waals surface area contributed by atoms with E-state index < -0.39 is 6.10 Å². The molecule has 1 aliphatic rings. The second-order valence-corrected chi connectivity index (χ2v) is 6.25. The quantitative estimate of drug-likeness (QED) is 0.878. The Hall–Kier alpha value is -0.860. The first-order chi connectivity index (χ1) is 9.55. The molecule has 0 radical (unpaired) electrons. The zero-order chi connectivity index (χ0) is 14.8. The molecule has 1 N–H and O–H groups in total. The number of aliphatic hydroxyl groups is 1. The fraction of sp³-hybridized carbons (Fsp3) is 0.667. The fourth-order valence-corrected chi connectivity index (χ4v) is 3.66. The summed E-state index contributed by atoms with van der Waals surface area (Å²) < 4.78 is 0. The number of benzene rings is 1. The predicted molar refractivity (Wildman–Crippen MR) is 85.0 cm³/mol. The average molecular weight is 275 g/mol. The van der Waals surface area contributed by atoms with Crippen molar-refractivity contribution in [1.29, 1.82) is 0 Å². The maximum absolute atomic E-state index is 11.1. The third-order valence-corrected chi connectivity index (χ3v) is 5.32. The summed E-state index contributed by atoms with van der Waals surface area (Å²) in [6, 6.07) is 6.40. The molecule has 1 atom stereocenters. The number of aliphatic hydroxyl groups excluding tert-OH is 1. The van der Waals surface area contributed by atoms with Crippen molar-refractivity contribution in [2.24, 2.45) is 0 Å². The molecule has 0 saturated carbocycles. The standard InChI is InChI=1S/C18H29NO/c1-5-18(6-2,19-11-7-8-12-19)17(20)16-10-9-14(3)15(4)13-16/h9-10,13,17,20H,5-8,11-12H2,1-4H3. The molecule has 0 amide bonds. The highest BCUT2D eigenvalue weighted by molar-refractivity contribution is 5.32. The zero-order valence-corrected chi connectivity index (χ0v) is 13.4. The summed E-state index contributed by atoms with van der Waals surface area (Å²) in [5.74, 6) is 0. The average Bonchev–Trinajstić information content (AvgIpc) is 2.98. The van der Waals surface area contributed by atoms with Gasteiger partial charge in [-0.15, -0.1) is 0 Å². The van der Waals surface area contributed by atoms with Crippen molar-refractivity contribution in [3.63, 3.8) is 0 Å². The van der Waals surface area contributed by atoms with Crippen molar-refractivity contribution in [3.05, 3.63) is 34.9 Å². The highest BCUT2D eigenvalue weighted by atomic mass is 16.3. The van der Waals surface area contributed by atoms with Crippen LogP contribution in [0.5, 0.6) is 0 Å². The summed E-state index contributed by atoms with van der Waals surface area (Å²) in [7, 11) is 0. The fourth-order valence-electron chi connectivity index (χ4n) is 3.66. The van der Waals surface area contributed by atoms with Gasteiger partial charge in [-0.2, -0.15) is 0 Å². The zero-order valence-electron chi connectivity index (χ0n) is 13.4. The molecule has 1 heterocycles. The number of nitrogens with zero attached hydrogens (tertiary/aromatic N) is 1. The van der Waals surface area contributed by atoms with Crippen molar-refractivity contribution in [1.82, 2.24) is 4.90 Å². The molecule has 1 aromatic rings. The molecule has 1 unspecified atom stereocenters. The lowest BCUT2D eigenvalue weighted by Gasteiger charge is -2.44. The Morgan fingerprint density at radius 1 is 1.10 bits per heavy atom. The topological polar surface area (TPSA) is 23.5 Å². The Kier molecular flexibility index (Phi) is 4.87. The van der Waals surface area contributed by atoms with E-state index in [1.807, 2.05) is 0 Å². The molecule has 2 nitrogen and oxygen atoms in total. The van der Waals surface area contributed by atoms with Crippen molar-refractivity contribution < 1.29 is 5.11 Å². The van der Waals surface area contributed by atoms with Gasteiger partial charge in [-0.3, -0.25) is 4.90 Å². The molecule has 0 aliphatic carbocycles. The van der Waals surface area contributed by atoms with Gasteiger partial charge >= 0.3 is 0 Å². The van der Waals surface area contributed by atoms with Gasteiger partial charge in [0.1, 0.15) is 0 Å². The Morgan fingerprint density at radius 2 is 1.70 bits per heavy atom. The molecular formula is C18H29NO. The van der Waals surface area contributed by atoms with E-state index >= 15 is 0 Å². The smallest absolute Gasteiger partial charge is 0.0973 e. The van der Waals surface area contributed by atoms with Crippen LogP contribution in [0.3, 0.4) is 0 Å². The summed E-state index contributed by atoms with van der Waals surface area (Å²) in [6.07, 6.45) is 4.13. The molecule has 1 aliphatic heterocycles. The summed E-state index contributed by atoms with van der Waals surface area (Å²) in [5.41, 5.74) is 3.53. The maximum atomic E-state index is 11.1. The van der Waals surface area contributed by atoms with Gasteiger partial charge in [0.25, 0.3) is 0 Å². The van der Waals surface area contributed by atoms with Gasteiger partial charge in [-0.05, 0) is 69.3 Å². The normalized spacial score (nSPS) is 18.4. The van der Waals surface area contributed by atoms with Crippen LogP contribution in [0.1, 0.15) is 62.3 Å². The molecule has 1 fully saturated rings. The Labute approximate surface area is 123 Å². The molecule has 1 saturated heterocycles. The SMILES string of the molecule is CCC(CC)(C(O)c1ccc(C)c(C)c1)N1CCCC1. The van der Waals surface area contributed by atoms with Crippen molar-refractivity contribution in [2.75, 3.05) is 13.1 Å². The van der Waals surface area contributed by atoms with Gasteiger partial charge in [0.2, 0.25) is 0 Å². The Balaban J connectivity index is 2.34. The van der Waals surface area contributed by atoms with E-state index in [0.29, 0.717) is 0 Å². The minimum atomic E-state index is -0.394. The molecule has 0 aromatic heterocycles. The predicted octanol–water partition coefficient (Wildman–Crippen LogP) is 3.99. The number of hydrogen-bond donors (Lipinski definition) is 1. The van der Waals surface area contributed by atoms with Crippen LogP contribution >= 0.6 is 0 Å². The summed E-state index contributed by atoms with van der Waals surface area (Å²) in [6.45, 7) is 10.9. The Bertz CT molecular complexity index is 445. The molecule has 2 heteroatoms. The molecule has 20 heavy (non-hydrogen) atoms. The van der Waals surface area contributed by atoms with E-state index in [4.69, 9.17) is 0 Å². The van der Waals surface area contributed by atoms with E-state index in [2.05, 4.69) is 50.8 Å². The minimum Gasteiger partial charge on any atom is -0.386 e. The first-order valence-electron chi connectivity index (χ1n) is 8.05. The van der Waals surface area contributed by atoms with Crippen LogP contribution in [-0.2, 0) is 0 Å². The van der Waals surface area contributed by atoms with Crippen LogP contribution < -0.4 is 0 Å². The van der Waals surface area contributed by atoms with Crippen molar-refractivity contribution in [3.8, 4) is 0 Å². The second kappa shape index (κ2) is 6.28. The molecule has 112 valence electrons. The third kappa shape index (κ3) is 2.64. The number of likely N-dealkylation sites (tertiary alicyclic amines) is 1. The van der Waals surface area contributed by atoms with Crippen LogP contribution in [-0.4, -0.2) is 28.6 Å². The second-order valence-electron chi connectivity index (χ2n) is 6.25. The minimum absolute atomic E-state index is 0.0990. The number of aryl methyl sites for hydroxylation is 2. The molecule has 0 bridgehead atoms. The van der Waals surface area contributed by atoms with Gasteiger partial charge in [0, 0.05) is 0 Å². The van der Waals surface area contributed by atoms with E-state index in [1.54, 1.807) is 0 Å². The highest BCUT2D eigenvalue weighted by Gasteiger charge is 2.42. The van der Waals surface area contributed by atoms with Gasteiger partial charge in [0.05, 0.1) is 11.6 Å². The van der Waals surface area contributed by atoms with Gasteiger partial charge in [-0.25, -0.2) is 0 Å². The molecule has 1 aromatic carbocycles. The maximum Gasteiger partial charge on any atom is 0.0973 e. The summed E-state index contributed by atoms with van der Waals surface area (Å²) in [4.78, 5) is 2.52. The highest BCUT2D eigenvalue weighted by Crippen LogP contribution is 2.39. The molecule has 0 spiro atoms. The largest absolute Gasteiger partial charge is 0.386 e. The van der Waals surface area contributed by atoms with Gasteiger partial charge < -0.3 is 5.11 Å². The number of hydrogen-bond acceptors (Lipinski definition) is 2. The lowest BCUT2D eigenvalue weighted by Crippen LogP contribution is -2.51.